The fourth-order valence-corrected chi connectivity index (χ4v) is 9.33. The van der Waals surface area contributed by atoms with E-state index in [1.54, 1.807) is 6.08 Å². The van der Waals surface area contributed by atoms with Gasteiger partial charge in [-0.05, 0) is 96.3 Å². The molecule has 1 fully saturated rings. The van der Waals surface area contributed by atoms with E-state index in [-0.39, 0.29) is 19.4 Å². The van der Waals surface area contributed by atoms with E-state index < -0.39 is 67.4 Å². The van der Waals surface area contributed by atoms with Crippen molar-refractivity contribution >= 4 is 11.9 Å². The second-order valence-corrected chi connectivity index (χ2v) is 21.4. The Hall–Kier alpha value is -2.90. The maximum atomic E-state index is 13.4. The van der Waals surface area contributed by atoms with Crippen LogP contribution in [0.3, 0.4) is 0 Å². The molecule has 6 N–H and O–H groups in total. The minimum absolute atomic E-state index is 0.0954. The van der Waals surface area contributed by atoms with Crippen LogP contribution in [0.15, 0.2) is 72.9 Å². The molecule has 11 heteroatoms. The highest BCUT2D eigenvalue weighted by molar-refractivity contribution is 5.80. The molecule has 0 spiro atoms. The number of esters is 1. The number of aliphatic hydroxyl groups is 5. The molecule has 0 aliphatic carbocycles. The Morgan fingerprint density at radius 3 is 1.38 bits per heavy atom. The summed E-state index contributed by atoms with van der Waals surface area (Å²) in [7, 11) is 0. The van der Waals surface area contributed by atoms with Gasteiger partial charge in [-0.1, -0.05) is 235 Å². The fraction of sp³-hybridized carbons (Fsp3) is 0.785. The molecule has 11 nitrogen and oxygen atoms in total. The number of allylic oxidation sites excluding steroid dienone is 11. The normalized spacial score (nSPS) is 19.6. The number of nitrogens with one attached hydrogen (secondary N) is 1. The third kappa shape index (κ3) is 40.3. The highest BCUT2D eigenvalue weighted by Gasteiger charge is 2.47. The third-order valence-electron chi connectivity index (χ3n) is 14.3. The Balaban J connectivity index is 2.70. The average Bonchev–Trinajstić information content (AvgIpc) is 3.42. The Bertz CT molecular complexity index is 1510. The molecule has 0 saturated carbocycles. The molecule has 76 heavy (non-hydrogen) atoms. The molecule has 1 heterocycles. The van der Waals surface area contributed by atoms with Crippen molar-refractivity contribution in [3.05, 3.63) is 72.9 Å². The number of unbranched alkanes of at least 4 members (excludes halogenated alkanes) is 28. The van der Waals surface area contributed by atoms with Crippen molar-refractivity contribution in [2.75, 3.05) is 13.2 Å². The first-order valence-corrected chi connectivity index (χ1v) is 31.2. The number of amides is 1. The molecule has 1 aliphatic rings. The third-order valence-corrected chi connectivity index (χ3v) is 14.3. The lowest BCUT2D eigenvalue weighted by atomic mass is 9.99. The lowest BCUT2D eigenvalue weighted by molar-refractivity contribution is -0.305. The summed E-state index contributed by atoms with van der Waals surface area (Å²) < 4.78 is 17.6. The molecule has 1 saturated heterocycles. The first kappa shape index (κ1) is 71.1. The summed E-state index contributed by atoms with van der Waals surface area (Å²) >= 11 is 0. The Morgan fingerprint density at radius 1 is 0.513 bits per heavy atom. The summed E-state index contributed by atoms with van der Waals surface area (Å²) in [6.45, 7) is 5.72. The molecule has 0 bridgehead atoms. The van der Waals surface area contributed by atoms with Gasteiger partial charge in [-0.2, -0.15) is 0 Å². The molecule has 0 aromatic carbocycles. The van der Waals surface area contributed by atoms with Crippen LogP contribution in [-0.2, 0) is 23.8 Å². The highest BCUT2D eigenvalue weighted by Crippen LogP contribution is 2.26. The van der Waals surface area contributed by atoms with Crippen LogP contribution in [0.4, 0.5) is 0 Å². The van der Waals surface area contributed by atoms with Crippen molar-refractivity contribution in [1.82, 2.24) is 5.32 Å². The molecule has 1 rings (SSSR count). The molecule has 1 aliphatic heterocycles. The fourth-order valence-electron chi connectivity index (χ4n) is 9.33. The monoisotopic (exact) mass is 1070 g/mol. The van der Waals surface area contributed by atoms with Crippen molar-refractivity contribution in [3.8, 4) is 0 Å². The van der Waals surface area contributed by atoms with Gasteiger partial charge in [-0.25, -0.2) is 0 Å². The standard InChI is InChI=1S/C65H115NO10/c1-4-7-10-13-16-19-22-25-27-29-31-32-34-37-40-43-46-49-52-58(69)64(73)66-56(57(68)51-48-45-42-39-36-24-21-18-15-12-9-6-3)55-74-65-63(62(72)61(71)59(54-67)75-65)76-60(70)53-50-47-44-41-38-35-33-30-28-26-23-20-17-14-11-8-5-2/h16-17,19-20,25-28,33,35,48,51,56-59,61-63,65,67-69,71-72H,4-15,18,21-24,29-32,34,36-47,49-50,52-55H2,1-3H3,(H,66,73)/b19-16-,20-17-,27-25-,28-26-,35-33-,51-48+. The summed E-state index contributed by atoms with van der Waals surface area (Å²) in [4.78, 5) is 26.5. The molecular weight excluding hydrogens is 955 g/mol. The van der Waals surface area contributed by atoms with E-state index in [0.717, 1.165) is 96.3 Å². The van der Waals surface area contributed by atoms with Gasteiger partial charge in [0.1, 0.15) is 24.4 Å². The Morgan fingerprint density at radius 2 is 0.908 bits per heavy atom. The summed E-state index contributed by atoms with van der Waals surface area (Å²) in [5.74, 6) is -1.22. The largest absolute Gasteiger partial charge is 0.454 e. The lowest BCUT2D eigenvalue weighted by Gasteiger charge is -2.41. The highest BCUT2D eigenvalue weighted by atomic mass is 16.7. The Kier molecular flexibility index (Phi) is 49.4. The number of aliphatic hydroxyl groups excluding tert-OH is 5. The summed E-state index contributed by atoms with van der Waals surface area (Å²) in [6, 6.07) is -1.03. The number of carbonyl (C=O) groups is 2. The molecule has 0 aromatic rings. The minimum atomic E-state index is -1.63. The van der Waals surface area contributed by atoms with E-state index in [4.69, 9.17) is 14.2 Å². The van der Waals surface area contributed by atoms with Crippen LogP contribution in [0, 0.1) is 0 Å². The van der Waals surface area contributed by atoms with Gasteiger partial charge in [0.05, 0.1) is 25.4 Å². The van der Waals surface area contributed by atoms with Gasteiger partial charge in [0, 0.05) is 6.42 Å². The van der Waals surface area contributed by atoms with E-state index in [2.05, 4.69) is 86.8 Å². The topological polar surface area (TPSA) is 175 Å². The first-order valence-electron chi connectivity index (χ1n) is 31.2. The summed E-state index contributed by atoms with van der Waals surface area (Å²) in [5.41, 5.74) is 0. The minimum Gasteiger partial charge on any atom is -0.454 e. The quantitative estimate of drug-likeness (QED) is 0.0195. The predicted molar refractivity (Wildman–Crippen MR) is 315 cm³/mol. The molecule has 0 radical (unpaired) electrons. The summed E-state index contributed by atoms with van der Waals surface area (Å²) in [5, 5.41) is 57.0. The van der Waals surface area contributed by atoms with Crippen molar-refractivity contribution < 1.29 is 49.3 Å². The molecular formula is C65H115NO10. The second kappa shape index (κ2) is 52.8. The zero-order valence-corrected chi connectivity index (χ0v) is 48.6. The van der Waals surface area contributed by atoms with E-state index in [9.17, 15) is 35.1 Å². The second-order valence-electron chi connectivity index (χ2n) is 21.4. The number of hydrogen-bond acceptors (Lipinski definition) is 10. The molecule has 0 aromatic heterocycles. The first-order chi connectivity index (χ1) is 37.2. The van der Waals surface area contributed by atoms with Crippen LogP contribution in [0.2, 0.25) is 0 Å². The van der Waals surface area contributed by atoms with Crippen LogP contribution >= 0.6 is 0 Å². The number of hydrogen-bond donors (Lipinski definition) is 6. The number of ether oxygens (including phenoxy) is 3. The van der Waals surface area contributed by atoms with Gasteiger partial charge in [0.25, 0.3) is 0 Å². The zero-order valence-electron chi connectivity index (χ0n) is 48.6. The molecule has 440 valence electrons. The average molecular weight is 1070 g/mol. The lowest BCUT2D eigenvalue weighted by Crippen LogP contribution is -2.61. The molecule has 8 atom stereocenters. The van der Waals surface area contributed by atoms with Crippen LogP contribution in [0.1, 0.15) is 265 Å². The van der Waals surface area contributed by atoms with Crippen molar-refractivity contribution in [3.63, 3.8) is 0 Å². The van der Waals surface area contributed by atoms with Gasteiger partial charge in [-0.3, -0.25) is 9.59 Å². The van der Waals surface area contributed by atoms with E-state index >= 15 is 0 Å². The predicted octanol–water partition coefficient (Wildman–Crippen LogP) is 14.8. The smallest absolute Gasteiger partial charge is 0.306 e. The molecule has 1 amide bonds. The van der Waals surface area contributed by atoms with Crippen LogP contribution < -0.4 is 5.32 Å². The van der Waals surface area contributed by atoms with Crippen molar-refractivity contribution in [1.29, 1.82) is 0 Å². The van der Waals surface area contributed by atoms with E-state index in [1.165, 1.54) is 122 Å². The van der Waals surface area contributed by atoms with Crippen LogP contribution in [0.5, 0.6) is 0 Å². The van der Waals surface area contributed by atoms with Gasteiger partial charge >= 0.3 is 5.97 Å². The maximum Gasteiger partial charge on any atom is 0.306 e. The van der Waals surface area contributed by atoms with Crippen molar-refractivity contribution in [2.45, 2.75) is 314 Å². The summed E-state index contributed by atoms with van der Waals surface area (Å²) in [6.07, 6.45) is 56.4. The van der Waals surface area contributed by atoms with Crippen LogP contribution in [-0.4, -0.2) is 99.6 Å². The number of carbonyl (C=O) groups excluding carboxylic acids is 2. The van der Waals surface area contributed by atoms with Gasteiger partial charge < -0.3 is 45.1 Å². The maximum absolute atomic E-state index is 13.4. The Labute approximate surface area is 464 Å². The zero-order chi connectivity index (χ0) is 55.4. The van der Waals surface area contributed by atoms with Gasteiger partial charge in [-0.15, -0.1) is 0 Å². The molecule has 8 unspecified atom stereocenters. The van der Waals surface area contributed by atoms with Crippen LogP contribution in [0.25, 0.3) is 0 Å². The number of rotatable bonds is 52. The van der Waals surface area contributed by atoms with Gasteiger partial charge in [0.15, 0.2) is 12.4 Å². The van der Waals surface area contributed by atoms with Gasteiger partial charge in [0.2, 0.25) is 5.91 Å². The SMILES string of the molecule is CCCCC/C=C\C/C=C\C/C=C\CCCCCCC(=O)OC1C(OCC(NC(=O)C(O)CCCCCCCCCC/C=C\C/C=C\CCCCC)C(O)/C=C/CCCCCCCCCCCC)OC(CO)C(O)C1O. The van der Waals surface area contributed by atoms with Crippen molar-refractivity contribution in [2.24, 2.45) is 0 Å². The van der Waals surface area contributed by atoms with E-state index in [0.29, 0.717) is 12.8 Å². The van der Waals surface area contributed by atoms with E-state index in [1.807, 2.05) is 6.08 Å².